The van der Waals surface area contributed by atoms with Gasteiger partial charge in [-0.1, -0.05) is 0 Å². The molecule has 21 heavy (non-hydrogen) atoms. The molecule has 1 fully saturated rings. The molecule has 0 radical (unpaired) electrons. The minimum absolute atomic E-state index is 0.0583. The van der Waals surface area contributed by atoms with Crippen molar-refractivity contribution < 1.29 is 22.6 Å². The van der Waals surface area contributed by atoms with Gasteiger partial charge in [-0.25, -0.2) is 0 Å². The van der Waals surface area contributed by atoms with Crippen LogP contribution in [0.2, 0.25) is 0 Å². The van der Waals surface area contributed by atoms with E-state index in [9.17, 15) is 13.2 Å². The summed E-state index contributed by atoms with van der Waals surface area (Å²) in [6.45, 7) is 2.29. The molecule has 0 saturated carbocycles. The van der Waals surface area contributed by atoms with Crippen molar-refractivity contribution in [1.29, 1.82) is 0 Å². The van der Waals surface area contributed by atoms with Crippen LogP contribution in [0, 0.1) is 0 Å². The van der Waals surface area contributed by atoms with Crippen molar-refractivity contribution in [3.63, 3.8) is 0 Å². The van der Waals surface area contributed by atoms with Crippen molar-refractivity contribution in [1.82, 2.24) is 10.3 Å². The second-order valence-corrected chi connectivity index (χ2v) is 4.63. The molecule has 2 heterocycles. The fraction of sp³-hybridized carbons (Fsp3) is 0.615. The van der Waals surface area contributed by atoms with Gasteiger partial charge in [0.1, 0.15) is 19.0 Å². The fourth-order valence-electron chi connectivity index (χ4n) is 1.99. The van der Waals surface area contributed by atoms with Crippen LogP contribution in [0.5, 0.6) is 5.75 Å². The minimum atomic E-state index is -4.30. The highest BCUT2D eigenvalue weighted by Crippen LogP contribution is 2.20. The average Bonchev–Trinajstić information content (AvgIpc) is 2.47. The van der Waals surface area contributed by atoms with Gasteiger partial charge in [0.2, 0.25) is 0 Å². The standard InChI is InChI=1S/C13H18F3N3O2/c14-13(15,16)10-20-5-6-21-12-7-11(8-18-9-12)19-3-1-17-2-4-19/h7-9,17H,1-6,10H2. The third-order valence-corrected chi connectivity index (χ3v) is 2.94. The first-order chi connectivity index (χ1) is 10.0. The van der Waals surface area contributed by atoms with Crippen molar-refractivity contribution in [2.75, 3.05) is 50.9 Å². The predicted molar refractivity (Wildman–Crippen MR) is 71.7 cm³/mol. The van der Waals surface area contributed by atoms with E-state index in [-0.39, 0.29) is 13.2 Å². The Kier molecular flexibility index (Phi) is 5.63. The largest absolute Gasteiger partial charge is 0.489 e. The first kappa shape index (κ1) is 15.8. The van der Waals surface area contributed by atoms with E-state index in [2.05, 4.69) is 19.9 Å². The molecular formula is C13H18F3N3O2. The second-order valence-electron chi connectivity index (χ2n) is 4.63. The topological polar surface area (TPSA) is 46.6 Å². The number of hydrogen-bond donors (Lipinski definition) is 1. The molecule has 8 heteroatoms. The summed E-state index contributed by atoms with van der Waals surface area (Å²) in [5.74, 6) is 0.529. The molecule has 1 aromatic rings. The summed E-state index contributed by atoms with van der Waals surface area (Å²) in [6, 6.07) is 1.84. The SMILES string of the molecule is FC(F)(F)COCCOc1cncc(N2CCNCC2)c1. The quantitative estimate of drug-likeness (QED) is 0.806. The normalized spacial score (nSPS) is 16.0. The Hall–Kier alpha value is -1.54. The van der Waals surface area contributed by atoms with Crippen LogP contribution in [-0.4, -0.2) is 57.2 Å². The van der Waals surface area contributed by atoms with Crippen LogP contribution in [0.3, 0.4) is 0 Å². The number of hydrogen-bond acceptors (Lipinski definition) is 5. The van der Waals surface area contributed by atoms with Gasteiger partial charge in [0.15, 0.2) is 0 Å². The molecule has 0 amide bonds. The molecule has 1 N–H and O–H groups in total. The lowest BCUT2D eigenvalue weighted by Gasteiger charge is -2.29. The molecule has 2 rings (SSSR count). The molecule has 1 saturated heterocycles. The van der Waals surface area contributed by atoms with Crippen LogP contribution in [0.4, 0.5) is 18.9 Å². The van der Waals surface area contributed by atoms with Crippen LogP contribution in [0.25, 0.3) is 0 Å². The van der Waals surface area contributed by atoms with E-state index < -0.39 is 12.8 Å². The lowest BCUT2D eigenvalue weighted by molar-refractivity contribution is -0.175. The van der Waals surface area contributed by atoms with Crippen molar-refractivity contribution in [3.8, 4) is 5.75 Å². The van der Waals surface area contributed by atoms with Crippen LogP contribution in [-0.2, 0) is 4.74 Å². The van der Waals surface area contributed by atoms with Crippen LogP contribution in [0.1, 0.15) is 0 Å². The predicted octanol–water partition coefficient (Wildman–Crippen LogP) is 1.45. The van der Waals surface area contributed by atoms with Crippen molar-refractivity contribution in [2.24, 2.45) is 0 Å². The Balaban J connectivity index is 1.76. The van der Waals surface area contributed by atoms with Gasteiger partial charge in [-0.05, 0) is 0 Å². The summed E-state index contributed by atoms with van der Waals surface area (Å²) < 4.78 is 45.5. The fourth-order valence-corrected chi connectivity index (χ4v) is 1.99. The van der Waals surface area contributed by atoms with Gasteiger partial charge >= 0.3 is 6.18 Å². The van der Waals surface area contributed by atoms with Gasteiger partial charge in [0.05, 0.1) is 24.7 Å². The van der Waals surface area contributed by atoms with Gasteiger partial charge in [-0.2, -0.15) is 13.2 Å². The molecule has 0 atom stereocenters. The maximum Gasteiger partial charge on any atom is 0.411 e. The molecule has 0 aliphatic carbocycles. The zero-order chi connectivity index (χ0) is 15.1. The number of alkyl halides is 3. The molecule has 5 nitrogen and oxygen atoms in total. The molecule has 1 aliphatic heterocycles. The first-order valence-corrected chi connectivity index (χ1v) is 6.72. The molecule has 0 unspecified atom stereocenters. The van der Waals surface area contributed by atoms with Crippen molar-refractivity contribution >= 4 is 5.69 Å². The molecule has 0 bridgehead atoms. The Bertz CT molecular complexity index is 437. The molecule has 1 aliphatic rings. The summed E-state index contributed by atoms with van der Waals surface area (Å²) in [7, 11) is 0. The number of piperazine rings is 1. The monoisotopic (exact) mass is 305 g/mol. The third-order valence-electron chi connectivity index (χ3n) is 2.94. The molecule has 118 valence electrons. The average molecular weight is 305 g/mol. The van der Waals surface area contributed by atoms with Crippen molar-refractivity contribution in [3.05, 3.63) is 18.5 Å². The Labute approximate surface area is 121 Å². The maximum absolute atomic E-state index is 11.9. The van der Waals surface area contributed by atoms with Crippen LogP contribution >= 0.6 is 0 Å². The van der Waals surface area contributed by atoms with Gasteiger partial charge in [0.25, 0.3) is 0 Å². The van der Waals surface area contributed by atoms with Gasteiger partial charge in [-0.15, -0.1) is 0 Å². The number of ether oxygens (including phenoxy) is 2. The van der Waals surface area contributed by atoms with E-state index in [1.165, 1.54) is 6.20 Å². The number of anilines is 1. The summed E-state index contributed by atoms with van der Waals surface area (Å²) in [4.78, 5) is 6.27. The van der Waals surface area contributed by atoms with Gasteiger partial charge in [0, 0.05) is 32.2 Å². The minimum Gasteiger partial charge on any atom is -0.489 e. The lowest BCUT2D eigenvalue weighted by atomic mass is 10.3. The van der Waals surface area contributed by atoms with Crippen LogP contribution in [0.15, 0.2) is 18.5 Å². The summed E-state index contributed by atoms with van der Waals surface area (Å²) in [5.41, 5.74) is 0.949. The second kappa shape index (κ2) is 7.46. The highest BCUT2D eigenvalue weighted by atomic mass is 19.4. The molecule has 0 aromatic carbocycles. The highest BCUT2D eigenvalue weighted by molar-refractivity contribution is 5.48. The van der Waals surface area contributed by atoms with E-state index in [0.29, 0.717) is 5.75 Å². The molecular weight excluding hydrogens is 287 g/mol. The van der Waals surface area contributed by atoms with Gasteiger partial charge < -0.3 is 19.7 Å². The van der Waals surface area contributed by atoms with Crippen LogP contribution < -0.4 is 15.0 Å². The summed E-state index contributed by atoms with van der Waals surface area (Å²) in [5, 5.41) is 3.26. The first-order valence-electron chi connectivity index (χ1n) is 6.72. The molecule has 1 aromatic heterocycles. The maximum atomic E-state index is 11.9. The Morgan fingerprint density at radius 2 is 1.95 bits per heavy atom. The zero-order valence-electron chi connectivity index (χ0n) is 11.5. The Morgan fingerprint density at radius 1 is 1.19 bits per heavy atom. The number of halogens is 3. The number of rotatable bonds is 6. The van der Waals surface area contributed by atoms with E-state index in [1.54, 1.807) is 6.20 Å². The number of pyridine rings is 1. The lowest BCUT2D eigenvalue weighted by Crippen LogP contribution is -2.43. The summed E-state index contributed by atoms with van der Waals surface area (Å²) >= 11 is 0. The smallest absolute Gasteiger partial charge is 0.411 e. The summed E-state index contributed by atoms with van der Waals surface area (Å²) in [6.07, 6.45) is -1.02. The zero-order valence-corrected chi connectivity index (χ0v) is 11.5. The van der Waals surface area contributed by atoms with E-state index in [0.717, 1.165) is 31.9 Å². The van der Waals surface area contributed by atoms with E-state index in [4.69, 9.17) is 4.74 Å². The van der Waals surface area contributed by atoms with Crippen molar-refractivity contribution in [2.45, 2.75) is 6.18 Å². The van der Waals surface area contributed by atoms with E-state index in [1.807, 2.05) is 6.07 Å². The number of aromatic nitrogens is 1. The molecule has 0 spiro atoms. The Morgan fingerprint density at radius 3 is 2.67 bits per heavy atom. The van der Waals surface area contributed by atoms with Gasteiger partial charge in [-0.3, -0.25) is 4.98 Å². The third kappa shape index (κ3) is 5.76. The number of nitrogens with one attached hydrogen (secondary N) is 1. The highest BCUT2D eigenvalue weighted by Gasteiger charge is 2.27. The number of nitrogens with zero attached hydrogens (tertiary/aromatic N) is 2. The van der Waals surface area contributed by atoms with E-state index >= 15 is 0 Å².